The van der Waals surface area contributed by atoms with Crippen LogP contribution in [0.15, 0.2) is 0 Å². The van der Waals surface area contributed by atoms with Crippen LogP contribution in [0.4, 0.5) is 0 Å². The fourth-order valence-corrected chi connectivity index (χ4v) is 5.59. The Balaban J connectivity index is 1.80. The van der Waals surface area contributed by atoms with Crippen molar-refractivity contribution >= 4 is 5.97 Å². The second-order valence-electron chi connectivity index (χ2n) is 8.40. The van der Waals surface area contributed by atoms with Gasteiger partial charge < -0.3 is 5.11 Å². The Labute approximate surface area is 122 Å². The molecule has 3 rings (SSSR count). The number of carbonyl (C=O) groups is 1. The second kappa shape index (κ2) is 5.01. The van der Waals surface area contributed by atoms with E-state index < -0.39 is 5.97 Å². The van der Waals surface area contributed by atoms with Crippen LogP contribution in [0.25, 0.3) is 0 Å². The molecular formula is C17H29NO2. The molecule has 0 bridgehead atoms. The summed E-state index contributed by atoms with van der Waals surface area (Å²) in [6.45, 7) is 8.07. The smallest absolute Gasteiger partial charge is 0.321 e. The van der Waals surface area contributed by atoms with Gasteiger partial charge in [0.15, 0.2) is 0 Å². The zero-order valence-corrected chi connectivity index (χ0v) is 13.1. The largest absolute Gasteiger partial charge is 0.480 e. The normalized spacial score (nSPS) is 44.5. The first kappa shape index (κ1) is 14.4. The van der Waals surface area contributed by atoms with Gasteiger partial charge in [0.05, 0.1) is 0 Å². The fourth-order valence-electron chi connectivity index (χ4n) is 5.59. The van der Waals surface area contributed by atoms with Crippen LogP contribution in [0.1, 0.15) is 59.3 Å². The van der Waals surface area contributed by atoms with Gasteiger partial charge >= 0.3 is 5.97 Å². The number of hydrogen-bond donors (Lipinski definition) is 1. The number of hydrogen-bond acceptors (Lipinski definition) is 2. The zero-order valence-electron chi connectivity index (χ0n) is 13.1. The van der Waals surface area contributed by atoms with Crippen LogP contribution in [0, 0.1) is 23.2 Å². The molecule has 0 aromatic heterocycles. The van der Waals surface area contributed by atoms with Crippen molar-refractivity contribution in [3.05, 3.63) is 0 Å². The summed E-state index contributed by atoms with van der Waals surface area (Å²) in [4.78, 5) is 14.2. The minimum Gasteiger partial charge on any atom is -0.480 e. The topological polar surface area (TPSA) is 40.5 Å². The van der Waals surface area contributed by atoms with Gasteiger partial charge in [-0.05, 0) is 55.3 Å². The quantitative estimate of drug-likeness (QED) is 0.842. The highest BCUT2D eigenvalue weighted by molar-refractivity contribution is 5.74. The van der Waals surface area contributed by atoms with Crippen LogP contribution in [0.5, 0.6) is 0 Å². The third-order valence-corrected chi connectivity index (χ3v) is 6.01. The minimum atomic E-state index is -0.574. The highest BCUT2D eigenvalue weighted by Gasteiger charge is 2.51. The van der Waals surface area contributed by atoms with E-state index in [-0.39, 0.29) is 6.04 Å². The Morgan fingerprint density at radius 1 is 1.25 bits per heavy atom. The van der Waals surface area contributed by atoms with Gasteiger partial charge in [-0.15, -0.1) is 0 Å². The average molecular weight is 279 g/mol. The lowest BCUT2D eigenvalue weighted by Gasteiger charge is -2.44. The zero-order chi connectivity index (χ0) is 14.5. The molecule has 5 atom stereocenters. The van der Waals surface area contributed by atoms with E-state index in [1.165, 1.54) is 32.1 Å². The van der Waals surface area contributed by atoms with Gasteiger partial charge in [-0.2, -0.15) is 0 Å². The van der Waals surface area contributed by atoms with E-state index in [9.17, 15) is 9.90 Å². The van der Waals surface area contributed by atoms with Crippen molar-refractivity contribution in [3.63, 3.8) is 0 Å². The van der Waals surface area contributed by atoms with Gasteiger partial charge in [-0.1, -0.05) is 27.2 Å². The predicted octanol–water partition coefficient (Wildman–Crippen LogP) is 3.39. The van der Waals surface area contributed by atoms with Gasteiger partial charge in [0.1, 0.15) is 6.04 Å². The van der Waals surface area contributed by atoms with Crippen LogP contribution < -0.4 is 0 Å². The maximum Gasteiger partial charge on any atom is 0.321 e. The summed E-state index contributed by atoms with van der Waals surface area (Å²) in [5, 5.41) is 9.72. The average Bonchev–Trinajstić information content (AvgIpc) is 2.83. The first-order valence-corrected chi connectivity index (χ1v) is 8.36. The van der Waals surface area contributed by atoms with Crippen LogP contribution in [-0.4, -0.2) is 34.6 Å². The van der Waals surface area contributed by atoms with Crippen LogP contribution >= 0.6 is 0 Å². The summed E-state index contributed by atoms with van der Waals surface area (Å²) < 4.78 is 0. The SMILES string of the molecule is CC1CC(N2CC3CCCC3C2C(=O)O)CC(C)(C)C1. The number of carboxylic acids is 1. The van der Waals surface area contributed by atoms with E-state index in [0.29, 0.717) is 23.3 Å². The molecule has 0 radical (unpaired) electrons. The Morgan fingerprint density at radius 3 is 2.65 bits per heavy atom. The summed E-state index contributed by atoms with van der Waals surface area (Å²) in [7, 11) is 0. The van der Waals surface area contributed by atoms with Gasteiger partial charge in [0.2, 0.25) is 0 Å². The number of likely N-dealkylation sites (tertiary alicyclic amines) is 1. The molecule has 114 valence electrons. The van der Waals surface area contributed by atoms with E-state index in [0.717, 1.165) is 18.9 Å². The first-order valence-electron chi connectivity index (χ1n) is 8.36. The van der Waals surface area contributed by atoms with Crippen molar-refractivity contribution < 1.29 is 9.90 Å². The second-order valence-corrected chi connectivity index (χ2v) is 8.40. The molecule has 0 aromatic carbocycles. The Morgan fingerprint density at radius 2 is 2.00 bits per heavy atom. The molecule has 2 saturated carbocycles. The highest BCUT2D eigenvalue weighted by atomic mass is 16.4. The summed E-state index contributed by atoms with van der Waals surface area (Å²) >= 11 is 0. The molecule has 3 aliphatic rings. The Hall–Kier alpha value is -0.570. The lowest BCUT2D eigenvalue weighted by Crippen LogP contribution is -2.49. The van der Waals surface area contributed by atoms with Gasteiger partial charge in [0.25, 0.3) is 0 Å². The van der Waals surface area contributed by atoms with Gasteiger partial charge in [-0.3, -0.25) is 9.69 Å². The molecule has 3 fully saturated rings. The lowest BCUT2D eigenvalue weighted by molar-refractivity contribution is -0.145. The number of fused-ring (bicyclic) bond motifs is 1. The van der Waals surface area contributed by atoms with E-state index >= 15 is 0 Å². The monoisotopic (exact) mass is 279 g/mol. The third kappa shape index (κ3) is 2.49. The minimum absolute atomic E-state index is 0.200. The van der Waals surface area contributed by atoms with E-state index in [1.54, 1.807) is 0 Å². The van der Waals surface area contributed by atoms with Crippen molar-refractivity contribution in [1.29, 1.82) is 0 Å². The van der Waals surface area contributed by atoms with Gasteiger partial charge in [0, 0.05) is 12.6 Å². The van der Waals surface area contributed by atoms with E-state index in [4.69, 9.17) is 0 Å². The molecule has 1 saturated heterocycles. The summed E-state index contributed by atoms with van der Waals surface area (Å²) in [6, 6.07) is 0.286. The van der Waals surface area contributed by atoms with E-state index in [1.807, 2.05) is 0 Å². The molecule has 0 amide bonds. The number of nitrogens with zero attached hydrogens (tertiary/aromatic N) is 1. The molecule has 1 N–H and O–H groups in total. The summed E-state index contributed by atoms with van der Waals surface area (Å²) in [5.74, 6) is 1.22. The molecule has 3 heteroatoms. The predicted molar refractivity (Wildman–Crippen MR) is 79.5 cm³/mol. The molecule has 5 unspecified atom stereocenters. The Bertz CT molecular complexity index is 392. The molecule has 20 heavy (non-hydrogen) atoms. The van der Waals surface area contributed by atoms with Crippen LogP contribution in [-0.2, 0) is 4.79 Å². The number of rotatable bonds is 2. The maximum absolute atomic E-state index is 11.8. The van der Waals surface area contributed by atoms with E-state index in [2.05, 4.69) is 25.7 Å². The highest BCUT2D eigenvalue weighted by Crippen LogP contribution is 2.47. The molecule has 1 aliphatic heterocycles. The van der Waals surface area contributed by atoms with Gasteiger partial charge in [-0.25, -0.2) is 0 Å². The summed E-state index contributed by atoms with van der Waals surface area (Å²) in [6.07, 6.45) is 7.25. The molecule has 0 aromatic rings. The molecule has 0 spiro atoms. The fraction of sp³-hybridized carbons (Fsp3) is 0.941. The summed E-state index contributed by atoms with van der Waals surface area (Å²) in [5.41, 5.74) is 0.364. The van der Waals surface area contributed by atoms with Crippen molar-refractivity contribution in [2.75, 3.05) is 6.54 Å². The number of aliphatic carboxylic acids is 1. The van der Waals surface area contributed by atoms with Crippen molar-refractivity contribution in [1.82, 2.24) is 4.90 Å². The molecule has 2 aliphatic carbocycles. The Kier molecular flexibility index (Phi) is 3.60. The molecule has 3 nitrogen and oxygen atoms in total. The first-order chi connectivity index (χ1) is 9.37. The molecular weight excluding hydrogens is 250 g/mol. The van der Waals surface area contributed by atoms with Crippen molar-refractivity contribution in [2.45, 2.75) is 71.4 Å². The lowest BCUT2D eigenvalue weighted by atomic mass is 9.70. The van der Waals surface area contributed by atoms with Crippen molar-refractivity contribution in [2.24, 2.45) is 23.2 Å². The maximum atomic E-state index is 11.8. The third-order valence-electron chi connectivity index (χ3n) is 6.01. The van der Waals surface area contributed by atoms with Crippen LogP contribution in [0.3, 0.4) is 0 Å². The van der Waals surface area contributed by atoms with Crippen LogP contribution in [0.2, 0.25) is 0 Å². The number of carboxylic acid groups (broad SMARTS) is 1. The van der Waals surface area contributed by atoms with Crippen molar-refractivity contribution in [3.8, 4) is 0 Å². The molecule has 1 heterocycles. The standard InChI is InChI=1S/C17H29NO2/c1-11-7-13(9-17(2,3)8-11)18-10-12-5-4-6-14(12)15(18)16(19)20/h11-15H,4-10H2,1-3H3,(H,19,20).